The molecule has 0 unspecified atom stereocenters. The first-order valence-corrected chi connectivity index (χ1v) is 7.99. The summed E-state index contributed by atoms with van der Waals surface area (Å²) >= 11 is 0. The van der Waals surface area contributed by atoms with Crippen LogP contribution in [-0.2, 0) is 10.9 Å². The number of rotatable bonds is 3. The lowest BCUT2D eigenvalue weighted by molar-refractivity contribution is -0.137. The molecule has 2 saturated heterocycles. The summed E-state index contributed by atoms with van der Waals surface area (Å²) in [6.07, 6.45) is -2.62. The third-order valence-electron chi connectivity index (χ3n) is 4.61. The molecule has 23 heavy (non-hydrogen) atoms. The minimum atomic E-state index is -4.32. The van der Waals surface area contributed by atoms with Crippen LogP contribution in [0.5, 0.6) is 0 Å². The zero-order valence-corrected chi connectivity index (χ0v) is 13.0. The Kier molecular flexibility index (Phi) is 4.79. The summed E-state index contributed by atoms with van der Waals surface area (Å²) in [6, 6.07) is 5.47. The lowest BCUT2D eigenvalue weighted by atomic mass is 9.94. The van der Waals surface area contributed by atoms with E-state index in [9.17, 15) is 13.2 Å². The van der Waals surface area contributed by atoms with Crippen LogP contribution in [0.2, 0.25) is 0 Å². The summed E-state index contributed by atoms with van der Waals surface area (Å²) in [7, 11) is 0. The van der Waals surface area contributed by atoms with Crippen molar-refractivity contribution in [3.8, 4) is 0 Å². The number of hydrogen-bond acceptors (Lipinski definition) is 4. The maximum absolute atomic E-state index is 12.9. The maximum Gasteiger partial charge on any atom is 0.416 e. The third kappa shape index (κ3) is 3.79. The molecule has 2 heterocycles. The Bertz CT molecular complexity index is 524. The van der Waals surface area contributed by atoms with E-state index in [0.29, 0.717) is 18.9 Å². The predicted molar refractivity (Wildman–Crippen MR) is 82.3 cm³/mol. The molecule has 3 rings (SSSR count). The van der Waals surface area contributed by atoms with Gasteiger partial charge in [0.25, 0.3) is 0 Å². The first-order valence-electron chi connectivity index (χ1n) is 7.99. The van der Waals surface area contributed by atoms with Crippen molar-refractivity contribution in [2.75, 3.05) is 44.7 Å². The number of nitrogens with zero attached hydrogens (tertiary/aromatic N) is 1. The average Bonchev–Trinajstić information content (AvgIpc) is 2.56. The molecular weight excluding hydrogens is 307 g/mol. The number of benzene rings is 1. The summed E-state index contributed by atoms with van der Waals surface area (Å²) in [5.41, 5.74) is -0.402. The molecule has 0 aromatic heterocycles. The van der Waals surface area contributed by atoms with E-state index in [1.54, 1.807) is 6.07 Å². The molecule has 7 heteroatoms. The summed E-state index contributed by atoms with van der Waals surface area (Å²) in [5.74, 6) is 0. The van der Waals surface area contributed by atoms with Crippen LogP contribution < -0.4 is 10.6 Å². The number of alkyl halides is 3. The number of morpholine rings is 1. The molecule has 2 N–H and O–H groups in total. The fraction of sp³-hybridized carbons (Fsp3) is 0.625. The van der Waals surface area contributed by atoms with Crippen LogP contribution in [0, 0.1) is 0 Å². The molecule has 0 aliphatic carbocycles. The number of piperidine rings is 1. The summed E-state index contributed by atoms with van der Waals surface area (Å²) in [4.78, 5) is 2.32. The molecule has 2 fully saturated rings. The molecule has 128 valence electrons. The van der Waals surface area contributed by atoms with E-state index in [-0.39, 0.29) is 5.66 Å². The van der Waals surface area contributed by atoms with Gasteiger partial charge < -0.3 is 15.4 Å². The van der Waals surface area contributed by atoms with Gasteiger partial charge in [-0.05, 0) is 44.1 Å². The highest BCUT2D eigenvalue weighted by Crippen LogP contribution is 2.33. The topological polar surface area (TPSA) is 36.5 Å². The number of nitrogens with one attached hydrogen (secondary N) is 2. The van der Waals surface area contributed by atoms with Crippen molar-refractivity contribution in [2.24, 2.45) is 0 Å². The van der Waals surface area contributed by atoms with Crippen LogP contribution in [-0.4, -0.2) is 50.0 Å². The molecule has 2 aliphatic heterocycles. The van der Waals surface area contributed by atoms with Gasteiger partial charge in [0.1, 0.15) is 0 Å². The first kappa shape index (κ1) is 16.5. The van der Waals surface area contributed by atoms with Gasteiger partial charge in [0.15, 0.2) is 0 Å². The maximum atomic E-state index is 12.9. The monoisotopic (exact) mass is 329 g/mol. The standard InChI is InChI=1S/C16H22F3N3O/c17-16(18,19)13-2-1-3-14(12-13)21-15(4-6-20-7-5-15)22-8-10-23-11-9-22/h1-3,12,20-21H,4-11H2. The highest BCUT2D eigenvalue weighted by atomic mass is 19.4. The van der Waals surface area contributed by atoms with Crippen molar-refractivity contribution < 1.29 is 17.9 Å². The van der Waals surface area contributed by atoms with Gasteiger partial charge in [0, 0.05) is 18.8 Å². The smallest absolute Gasteiger partial charge is 0.379 e. The highest BCUT2D eigenvalue weighted by Gasteiger charge is 2.39. The third-order valence-corrected chi connectivity index (χ3v) is 4.61. The molecule has 1 aromatic rings. The molecule has 0 saturated carbocycles. The first-order chi connectivity index (χ1) is 11.0. The molecule has 0 atom stereocenters. The molecule has 1 aromatic carbocycles. The van der Waals surface area contributed by atoms with E-state index in [1.807, 2.05) is 0 Å². The molecule has 4 nitrogen and oxygen atoms in total. The Hall–Kier alpha value is -1.31. The Morgan fingerprint density at radius 3 is 2.48 bits per heavy atom. The van der Waals surface area contributed by atoms with Gasteiger partial charge in [-0.1, -0.05) is 6.07 Å². The largest absolute Gasteiger partial charge is 0.416 e. The summed E-state index contributed by atoms with van der Waals surface area (Å²) in [5, 5.41) is 6.73. The van der Waals surface area contributed by atoms with Crippen LogP contribution in [0.15, 0.2) is 24.3 Å². The number of anilines is 1. The Balaban J connectivity index is 1.83. The van der Waals surface area contributed by atoms with Gasteiger partial charge in [0.2, 0.25) is 0 Å². The highest BCUT2D eigenvalue weighted by molar-refractivity contribution is 5.48. The lowest BCUT2D eigenvalue weighted by Gasteiger charge is -2.49. The van der Waals surface area contributed by atoms with Gasteiger partial charge >= 0.3 is 6.18 Å². The van der Waals surface area contributed by atoms with Crippen molar-refractivity contribution in [1.82, 2.24) is 10.2 Å². The van der Waals surface area contributed by atoms with Gasteiger partial charge in [-0.2, -0.15) is 13.2 Å². The summed E-state index contributed by atoms with van der Waals surface area (Å²) < 4.78 is 44.2. The summed E-state index contributed by atoms with van der Waals surface area (Å²) in [6.45, 7) is 4.63. The van der Waals surface area contributed by atoms with E-state index in [4.69, 9.17) is 4.74 Å². The average molecular weight is 329 g/mol. The molecule has 2 aliphatic rings. The van der Waals surface area contributed by atoms with Crippen LogP contribution in [0.1, 0.15) is 18.4 Å². The van der Waals surface area contributed by atoms with Crippen molar-refractivity contribution in [3.63, 3.8) is 0 Å². The van der Waals surface area contributed by atoms with Crippen molar-refractivity contribution >= 4 is 5.69 Å². The van der Waals surface area contributed by atoms with Gasteiger partial charge in [-0.15, -0.1) is 0 Å². The van der Waals surface area contributed by atoms with Crippen molar-refractivity contribution in [1.29, 1.82) is 0 Å². The normalized spacial score (nSPS) is 22.7. The second-order valence-corrected chi connectivity index (χ2v) is 6.08. The molecule has 0 amide bonds. The van der Waals surface area contributed by atoms with E-state index < -0.39 is 11.7 Å². The van der Waals surface area contributed by atoms with Crippen LogP contribution in [0.3, 0.4) is 0 Å². The molecule has 0 radical (unpaired) electrons. The second-order valence-electron chi connectivity index (χ2n) is 6.08. The number of hydrogen-bond donors (Lipinski definition) is 2. The van der Waals surface area contributed by atoms with E-state index >= 15 is 0 Å². The van der Waals surface area contributed by atoms with Crippen LogP contribution in [0.4, 0.5) is 18.9 Å². The Morgan fingerprint density at radius 2 is 1.83 bits per heavy atom. The zero-order valence-electron chi connectivity index (χ0n) is 13.0. The van der Waals surface area contributed by atoms with E-state index in [0.717, 1.165) is 45.1 Å². The van der Waals surface area contributed by atoms with Gasteiger partial charge in [-0.3, -0.25) is 4.90 Å². The fourth-order valence-corrected chi connectivity index (χ4v) is 3.39. The van der Waals surface area contributed by atoms with Crippen molar-refractivity contribution in [2.45, 2.75) is 24.7 Å². The molecular formula is C16H22F3N3O. The minimum Gasteiger partial charge on any atom is -0.379 e. The van der Waals surface area contributed by atoms with Crippen LogP contribution >= 0.6 is 0 Å². The van der Waals surface area contributed by atoms with E-state index in [1.165, 1.54) is 12.1 Å². The molecule has 0 bridgehead atoms. The van der Waals surface area contributed by atoms with Gasteiger partial charge in [-0.25, -0.2) is 0 Å². The molecule has 0 spiro atoms. The van der Waals surface area contributed by atoms with E-state index in [2.05, 4.69) is 15.5 Å². The Morgan fingerprint density at radius 1 is 1.13 bits per heavy atom. The lowest BCUT2D eigenvalue weighted by Crippen LogP contribution is -2.62. The SMILES string of the molecule is FC(F)(F)c1cccc(NC2(N3CCOCC3)CCNCC2)c1. The minimum absolute atomic E-state index is 0.306. The van der Waals surface area contributed by atoms with Gasteiger partial charge in [0.05, 0.1) is 24.4 Å². The fourth-order valence-electron chi connectivity index (χ4n) is 3.39. The number of ether oxygens (including phenoxy) is 1. The van der Waals surface area contributed by atoms with Crippen molar-refractivity contribution in [3.05, 3.63) is 29.8 Å². The number of halogens is 3. The van der Waals surface area contributed by atoms with Crippen LogP contribution in [0.25, 0.3) is 0 Å². The quantitative estimate of drug-likeness (QED) is 0.893. The second kappa shape index (κ2) is 6.67. The predicted octanol–water partition coefficient (Wildman–Crippen LogP) is 2.53. The zero-order chi connectivity index (χ0) is 16.3. The Labute approximate surface area is 134 Å².